The Kier molecular flexibility index (Phi) is 22.7. The molecule has 0 N–H and O–H groups in total. The van der Waals surface area contributed by atoms with E-state index in [-0.39, 0.29) is 0 Å². The highest BCUT2D eigenvalue weighted by molar-refractivity contribution is 7.43. The molecule has 0 aromatic heterocycles. The summed E-state index contributed by atoms with van der Waals surface area (Å²) in [5.74, 6) is 4.74. The van der Waals surface area contributed by atoms with Crippen molar-refractivity contribution in [3.8, 4) is 5.81 Å². The predicted octanol–water partition coefficient (Wildman–Crippen LogP) is 8.88. The summed E-state index contributed by atoms with van der Waals surface area (Å²) in [6.45, 7) is 6.99. The van der Waals surface area contributed by atoms with E-state index in [0.29, 0.717) is 8.58 Å². The zero-order chi connectivity index (χ0) is 21.6. The van der Waals surface area contributed by atoms with Crippen LogP contribution < -0.4 is 0 Å². The van der Waals surface area contributed by atoms with Gasteiger partial charge in [-0.15, -0.1) is 0 Å². The minimum Gasteiger partial charge on any atom is -0.194 e. The van der Waals surface area contributed by atoms with Crippen LogP contribution in [0.5, 0.6) is 0 Å². The van der Waals surface area contributed by atoms with Crippen molar-refractivity contribution in [3.63, 3.8) is 0 Å². The normalized spacial score (nSPS) is 14.8. The molecular formula is C26H53BNP. The van der Waals surface area contributed by atoms with Crippen molar-refractivity contribution in [2.24, 2.45) is 11.8 Å². The lowest BCUT2D eigenvalue weighted by Crippen LogP contribution is -2.15. The van der Waals surface area contributed by atoms with E-state index >= 15 is 0 Å². The summed E-state index contributed by atoms with van der Waals surface area (Å²) in [5, 5.41) is 8.82. The number of hydrogen-bond acceptors (Lipinski definition) is 1. The van der Waals surface area contributed by atoms with Gasteiger partial charge in [-0.25, -0.2) is 0 Å². The zero-order valence-corrected chi connectivity index (χ0v) is 21.6. The summed E-state index contributed by atoms with van der Waals surface area (Å²) in [5.41, 5.74) is 0. The molecule has 0 fully saturated rings. The number of unbranched alkanes of at least 4 members (excludes halogenated alkanes) is 14. The first kappa shape index (κ1) is 29.0. The molecule has 0 aliphatic heterocycles. The fourth-order valence-corrected chi connectivity index (χ4v) is 5.42. The molecule has 0 rings (SSSR count). The van der Waals surface area contributed by atoms with Gasteiger partial charge < -0.3 is 0 Å². The lowest BCUT2D eigenvalue weighted by Gasteiger charge is -2.25. The second-order valence-electron chi connectivity index (χ2n) is 9.72. The number of hydrogen-bond donors (Lipinski definition) is 0. The Morgan fingerprint density at radius 3 is 1.62 bits per heavy atom. The van der Waals surface area contributed by atoms with Crippen LogP contribution in [0.25, 0.3) is 0 Å². The number of nitrogens with zero attached hydrogens (tertiary/aromatic N) is 1. The highest BCUT2D eigenvalue weighted by Crippen LogP contribution is 2.31. The van der Waals surface area contributed by atoms with Gasteiger partial charge in [-0.3, -0.25) is 0 Å². The third kappa shape index (κ3) is 19.7. The van der Waals surface area contributed by atoms with Crippen molar-refractivity contribution < 1.29 is 0 Å². The molecular weight excluding hydrogens is 368 g/mol. The molecule has 1 nitrogen and oxygen atoms in total. The van der Waals surface area contributed by atoms with E-state index in [0.717, 1.165) is 23.8 Å². The minimum absolute atomic E-state index is 0.492. The molecule has 0 spiro atoms. The fraction of sp³-hybridized carbons (Fsp3) is 0.962. The van der Waals surface area contributed by atoms with Crippen LogP contribution in [0.1, 0.15) is 136 Å². The van der Waals surface area contributed by atoms with E-state index in [4.69, 9.17) is 5.26 Å². The van der Waals surface area contributed by atoms with Gasteiger partial charge in [0.2, 0.25) is 0 Å². The molecule has 0 bridgehead atoms. The van der Waals surface area contributed by atoms with E-state index in [1.165, 1.54) is 116 Å². The average molecular weight is 422 g/mol. The largest absolute Gasteiger partial charge is 0.194 e. The third-order valence-corrected chi connectivity index (χ3v) is 7.84. The monoisotopic (exact) mass is 421 g/mol. The lowest BCUT2D eigenvalue weighted by atomic mass is 9.73. The van der Waals surface area contributed by atoms with E-state index < -0.39 is 0 Å². The fourth-order valence-electron chi connectivity index (χ4n) is 4.67. The Hall–Kier alpha value is -0.0151. The molecule has 0 radical (unpaired) electrons. The Labute approximate surface area is 187 Å². The highest BCUT2D eigenvalue weighted by atomic mass is 31.1. The molecule has 4 unspecified atom stereocenters. The van der Waals surface area contributed by atoms with E-state index in [1.807, 2.05) is 0 Å². The second-order valence-corrected chi connectivity index (χ2v) is 10.7. The van der Waals surface area contributed by atoms with Crippen LogP contribution in [0.15, 0.2) is 0 Å². The van der Waals surface area contributed by atoms with Gasteiger partial charge >= 0.3 is 0 Å². The standard InChI is InChI=1S/C26H53BNP/c1-4-6-7-8-9-10-11-12-13-14-15-16-17-18-19-20-26(27)21-25(5-2)24(3)22-29-23-28/h24-26,29H,4-22,27H2,1-3H3. The quantitative estimate of drug-likeness (QED) is 0.0972. The molecule has 0 aliphatic carbocycles. The summed E-state index contributed by atoms with van der Waals surface area (Å²) in [6.07, 6.45) is 26.9. The third-order valence-electron chi connectivity index (χ3n) is 6.84. The summed E-state index contributed by atoms with van der Waals surface area (Å²) in [7, 11) is 2.94. The Morgan fingerprint density at radius 2 is 1.21 bits per heavy atom. The molecule has 29 heavy (non-hydrogen) atoms. The first-order chi connectivity index (χ1) is 14.2. The Bertz CT molecular complexity index is 368. The maximum Gasteiger partial charge on any atom is 0.105 e. The van der Waals surface area contributed by atoms with Crippen LogP contribution in [0.3, 0.4) is 0 Å². The zero-order valence-electron chi connectivity index (χ0n) is 20.6. The first-order valence-electron chi connectivity index (χ1n) is 13.3. The highest BCUT2D eigenvalue weighted by Gasteiger charge is 2.18. The molecule has 4 atom stereocenters. The molecule has 0 aromatic rings. The van der Waals surface area contributed by atoms with Crippen LogP contribution in [0.2, 0.25) is 5.82 Å². The average Bonchev–Trinajstić information content (AvgIpc) is 2.72. The first-order valence-corrected chi connectivity index (χ1v) is 14.5. The van der Waals surface area contributed by atoms with Crippen molar-refractivity contribution in [1.82, 2.24) is 0 Å². The molecule has 0 amide bonds. The summed E-state index contributed by atoms with van der Waals surface area (Å²) in [6, 6.07) is 0. The summed E-state index contributed by atoms with van der Waals surface area (Å²) >= 11 is 0. The molecule has 170 valence electrons. The van der Waals surface area contributed by atoms with Crippen LogP contribution in [-0.4, -0.2) is 14.0 Å². The molecule has 0 aliphatic rings. The van der Waals surface area contributed by atoms with Crippen LogP contribution >= 0.6 is 8.58 Å². The second kappa shape index (κ2) is 22.7. The van der Waals surface area contributed by atoms with Crippen molar-refractivity contribution >= 4 is 16.4 Å². The number of nitriles is 1. The van der Waals surface area contributed by atoms with E-state index in [9.17, 15) is 0 Å². The van der Waals surface area contributed by atoms with Crippen molar-refractivity contribution in [2.75, 3.05) is 6.16 Å². The summed E-state index contributed by atoms with van der Waals surface area (Å²) in [4.78, 5) is 0. The summed E-state index contributed by atoms with van der Waals surface area (Å²) < 4.78 is 0. The van der Waals surface area contributed by atoms with Gasteiger partial charge in [-0.1, -0.05) is 142 Å². The van der Waals surface area contributed by atoms with Gasteiger partial charge in [0.25, 0.3) is 0 Å². The van der Waals surface area contributed by atoms with Crippen LogP contribution in [-0.2, 0) is 0 Å². The van der Waals surface area contributed by atoms with Gasteiger partial charge in [-0.2, -0.15) is 5.26 Å². The van der Waals surface area contributed by atoms with E-state index in [1.54, 1.807) is 0 Å². The maximum absolute atomic E-state index is 8.82. The minimum atomic E-state index is 0.492. The van der Waals surface area contributed by atoms with E-state index in [2.05, 4.69) is 34.4 Å². The molecule has 3 heteroatoms. The number of rotatable bonds is 22. The molecule has 0 saturated carbocycles. The van der Waals surface area contributed by atoms with Gasteiger partial charge in [0.05, 0.1) is 5.81 Å². The van der Waals surface area contributed by atoms with Gasteiger partial charge in [-0.05, 0) is 26.6 Å². The Balaban J connectivity index is 3.42. The van der Waals surface area contributed by atoms with Crippen molar-refractivity contribution in [2.45, 2.75) is 142 Å². The maximum atomic E-state index is 8.82. The molecule has 0 aromatic carbocycles. The predicted molar refractivity (Wildman–Crippen MR) is 138 cm³/mol. The van der Waals surface area contributed by atoms with Crippen molar-refractivity contribution in [3.05, 3.63) is 0 Å². The van der Waals surface area contributed by atoms with Crippen LogP contribution in [0, 0.1) is 22.9 Å². The van der Waals surface area contributed by atoms with Gasteiger partial charge in [0.1, 0.15) is 7.85 Å². The SMILES string of the molecule is BC(CCCCCCCCCCCCCCCCC)CC(CC)C(C)CPC#N. The smallest absolute Gasteiger partial charge is 0.105 e. The van der Waals surface area contributed by atoms with Gasteiger partial charge in [0, 0.05) is 0 Å². The molecule has 0 saturated heterocycles. The van der Waals surface area contributed by atoms with Gasteiger partial charge in [0.15, 0.2) is 0 Å². The van der Waals surface area contributed by atoms with Crippen molar-refractivity contribution in [1.29, 1.82) is 5.26 Å². The van der Waals surface area contributed by atoms with Crippen LogP contribution in [0.4, 0.5) is 0 Å². The lowest BCUT2D eigenvalue weighted by molar-refractivity contribution is 0.339. The molecule has 0 heterocycles. The topological polar surface area (TPSA) is 23.8 Å². The Morgan fingerprint density at radius 1 is 0.759 bits per heavy atom.